The van der Waals surface area contributed by atoms with Crippen LogP contribution in [0.2, 0.25) is 0 Å². The van der Waals surface area contributed by atoms with E-state index in [9.17, 15) is 28.1 Å². The van der Waals surface area contributed by atoms with E-state index in [2.05, 4.69) is 0 Å². The minimum Gasteiger partial charge on any atom is -0.320 e. The second-order valence-electron chi connectivity index (χ2n) is 4.42. The lowest BCUT2D eigenvalue weighted by Gasteiger charge is -2.04. The van der Waals surface area contributed by atoms with Crippen molar-refractivity contribution in [3.63, 3.8) is 0 Å². The quantitative estimate of drug-likeness (QED) is 0.404. The molecule has 2 aromatic rings. The largest absolute Gasteiger partial charge is 0.320 e. The van der Waals surface area contributed by atoms with E-state index >= 15 is 0 Å². The van der Waals surface area contributed by atoms with Gasteiger partial charge in [-0.1, -0.05) is 12.1 Å². The van der Waals surface area contributed by atoms with Crippen LogP contribution in [0.3, 0.4) is 0 Å². The summed E-state index contributed by atoms with van der Waals surface area (Å²) in [5, 5.41) is 12.7. The third kappa shape index (κ3) is 4.16. The van der Waals surface area contributed by atoms with Crippen molar-refractivity contribution in [1.82, 2.24) is 0 Å². The highest BCUT2D eigenvalue weighted by atomic mass is 19.2. The first kappa shape index (κ1) is 16.2. The lowest BCUT2D eigenvalue weighted by Crippen LogP contribution is -2.10. The summed E-state index contributed by atoms with van der Waals surface area (Å²) in [4.78, 5) is 21.7. The zero-order valence-corrected chi connectivity index (χ0v) is 11.4. The normalized spacial score (nSPS) is 10.7. The number of hydrogen-bond donors (Lipinski definition) is 1. The minimum atomic E-state index is -1.37. The van der Waals surface area contributed by atoms with Crippen LogP contribution in [0.4, 0.5) is 24.5 Å². The van der Waals surface area contributed by atoms with E-state index in [0.717, 1.165) is 6.08 Å². The Labute approximate surface area is 128 Å². The molecule has 0 bridgehead atoms. The standard InChI is InChI=1S/C15H9F3N2O3/c16-11-7-13(18)14(8-12(11)17)19-15(21)5-4-9-2-1-3-10(6-9)20(22)23/h1-8H,(H,19,21). The molecule has 0 heterocycles. The number of rotatable bonds is 4. The van der Waals surface area contributed by atoms with Crippen molar-refractivity contribution >= 4 is 23.4 Å². The van der Waals surface area contributed by atoms with Gasteiger partial charge in [-0.05, 0) is 11.6 Å². The van der Waals surface area contributed by atoms with Crippen molar-refractivity contribution in [2.45, 2.75) is 0 Å². The molecule has 0 atom stereocenters. The van der Waals surface area contributed by atoms with E-state index in [1.165, 1.54) is 30.3 Å². The fourth-order valence-corrected chi connectivity index (χ4v) is 1.71. The number of nitro groups is 1. The first-order valence-electron chi connectivity index (χ1n) is 6.25. The summed E-state index contributed by atoms with van der Waals surface area (Å²) in [5.41, 5.74) is -0.295. The molecule has 0 aromatic heterocycles. The molecule has 5 nitrogen and oxygen atoms in total. The van der Waals surface area contributed by atoms with Crippen LogP contribution in [0.25, 0.3) is 6.08 Å². The van der Waals surface area contributed by atoms with Crippen molar-refractivity contribution in [2.75, 3.05) is 5.32 Å². The predicted octanol–water partition coefficient (Wildman–Crippen LogP) is 3.66. The molecule has 0 aliphatic heterocycles. The van der Waals surface area contributed by atoms with E-state index in [1.54, 1.807) is 0 Å². The highest BCUT2D eigenvalue weighted by molar-refractivity contribution is 6.02. The molecule has 0 saturated carbocycles. The van der Waals surface area contributed by atoms with Crippen LogP contribution in [0.1, 0.15) is 5.56 Å². The molecular weight excluding hydrogens is 313 g/mol. The number of benzene rings is 2. The van der Waals surface area contributed by atoms with Crippen molar-refractivity contribution < 1.29 is 22.9 Å². The van der Waals surface area contributed by atoms with Gasteiger partial charge in [-0.25, -0.2) is 13.2 Å². The van der Waals surface area contributed by atoms with Crippen LogP contribution < -0.4 is 5.32 Å². The molecule has 118 valence electrons. The average Bonchev–Trinajstić information content (AvgIpc) is 2.51. The Morgan fingerprint density at radius 2 is 1.78 bits per heavy atom. The smallest absolute Gasteiger partial charge is 0.270 e. The second kappa shape index (κ2) is 6.73. The van der Waals surface area contributed by atoms with Crippen LogP contribution in [0.15, 0.2) is 42.5 Å². The predicted molar refractivity (Wildman–Crippen MR) is 77.1 cm³/mol. The molecule has 0 saturated heterocycles. The van der Waals surface area contributed by atoms with Crippen LogP contribution in [0.5, 0.6) is 0 Å². The van der Waals surface area contributed by atoms with Crippen LogP contribution in [-0.4, -0.2) is 10.8 Å². The molecule has 0 unspecified atom stereocenters. The Balaban J connectivity index is 2.12. The van der Waals surface area contributed by atoms with Gasteiger partial charge >= 0.3 is 0 Å². The topological polar surface area (TPSA) is 72.2 Å². The van der Waals surface area contributed by atoms with Gasteiger partial charge in [-0.3, -0.25) is 14.9 Å². The van der Waals surface area contributed by atoms with Gasteiger partial charge in [0, 0.05) is 30.3 Å². The summed E-state index contributed by atoms with van der Waals surface area (Å²) < 4.78 is 39.2. The average molecular weight is 322 g/mol. The fourth-order valence-electron chi connectivity index (χ4n) is 1.71. The summed E-state index contributed by atoms with van der Waals surface area (Å²) in [6.07, 6.45) is 2.25. The molecule has 0 spiro atoms. The SMILES string of the molecule is O=C(C=Cc1cccc([N+](=O)[O-])c1)Nc1cc(F)c(F)cc1F. The number of nitrogens with one attached hydrogen (secondary N) is 1. The lowest BCUT2D eigenvalue weighted by molar-refractivity contribution is -0.384. The summed E-state index contributed by atoms with van der Waals surface area (Å²) >= 11 is 0. The van der Waals surface area contributed by atoms with Gasteiger partial charge in [0.2, 0.25) is 5.91 Å². The summed E-state index contributed by atoms with van der Waals surface area (Å²) in [6.45, 7) is 0. The molecular formula is C15H9F3N2O3. The van der Waals surface area contributed by atoms with Crippen LogP contribution in [-0.2, 0) is 4.79 Å². The van der Waals surface area contributed by atoms with Crippen molar-refractivity contribution in [1.29, 1.82) is 0 Å². The highest BCUT2D eigenvalue weighted by Gasteiger charge is 2.11. The Hall–Kier alpha value is -3.16. The van der Waals surface area contributed by atoms with Crippen LogP contribution >= 0.6 is 0 Å². The summed E-state index contributed by atoms with van der Waals surface area (Å²) in [5.74, 6) is -4.60. The van der Waals surface area contributed by atoms with Gasteiger partial charge in [0.05, 0.1) is 10.6 Å². The number of nitrogens with zero attached hydrogens (tertiary/aromatic N) is 1. The van der Waals surface area contributed by atoms with E-state index in [-0.39, 0.29) is 5.69 Å². The zero-order valence-electron chi connectivity index (χ0n) is 11.4. The number of anilines is 1. The molecule has 0 aliphatic carbocycles. The Kier molecular flexibility index (Phi) is 4.75. The first-order valence-corrected chi connectivity index (χ1v) is 6.25. The van der Waals surface area contributed by atoms with Gasteiger partial charge in [0.1, 0.15) is 5.82 Å². The van der Waals surface area contributed by atoms with Gasteiger partial charge in [-0.2, -0.15) is 0 Å². The number of nitro benzene ring substituents is 1. The third-order valence-electron chi connectivity index (χ3n) is 2.78. The molecule has 8 heteroatoms. The molecule has 0 radical (unpaired) electrons. The van der Waals surface area contributed by atoms with Gasteiger partial charge in [0.15, 0.2) is 11.6 Å². The molecule has 1 amide bonds. The van der Waals surface area contributed by atoms with E-state index < -0.39 is 34.0 Å². The zero-order chi connectivity index (χ0) is 17.0. The fraction of sp³-hybridized carbons (Fsp3) is 0. The highest BCUT2D eigenvalue weighted by Crippen LogP contribution is 2.19. The van der Waals surface area contributed by atoms with Crippen molar-refractivity contribution in [3.8, 4) is 0 Å². The Morgan fingerprint density at radius 3 is 2.48 bits per heavy atom. The maximum Gasteiger partial charge on any atom is 0.270 e. The number of non-ortho nitro benzene ring substituents is 1. The number of carbonyl (C=O) groups is 1. The molecule has 0 aliphatic rings. The van der Waals surface area contributed by atoms with E-state index in [4.69, 9.17) is 0 Å². The number of hydrogen-bond acceptors (Lipinski definition) is 3. The number of halogens is 3. The number of carbonyl (C=O) groups excluding carboxylic acids is 1. The van der Waals surface area contributed by atoms with Gasteiger partial charge in [0.25, 0.3) is 5.69 Å². The molecule has 23 heavy (non-hydrogen) atoms. The molecule has 1 N–H and O–H groups in total. The van der Waals surface area contributed by atoms with Gasteiger partial charge < -0.3 is 5.32 Å². The lowest BCUT2D eigenvalue weighted by atomic mass is 10.2. The first-order chi connectivity index (χ1) is 10.9. The third-order valence-corrected chi connectivity index (χ3v) is 2.78. The van der Waals surface area contributed by atoms with Crippen LogP contribution in [0, 0.1) is 27.6 Å². The van der Waals surface area contributed by atoms with Crippen molar-refractivity contribution in [3.05, 3.63) is 75.6 Å². The molecule has 2 rings (SSSR count). The summed E-state index contributed by atoms with van der Waals surface area (Å²) in [7, 11) is 0. The summed E-state index contributed by atoms with van der Waals surface area (Å²) in [6, 6.07) is 6.31. The molecule has 2 aromatic carbocycles. The Bertz CT molecular complexity index is 807. The van der Waals surface area contributed by atoms with E-state index in [1.807, 2.05) is 5.32 Å². The maximum absolute atomic E-state index is 13.4. The second-order valence-corrected chi connectivity index (χ2v) is 4.42. The Morgan fingerprint density at radius 1 is 1.09 bits per heavy atom. The number of amides is 1. The monoisotopic (exact) mass is 322 g/mol. The minimum absolute atomic E-state index is 0.154. The maximum atomic E-state index is 13.4. The van der Waals surface area contributed by atoms with E-state index in [0.29, 0.717) is 17.7 Å². The van der Waals surface area contributed by atoms with Gasteiger partial charge in [-0.15, -0.1) is 0 Å². The molecule has 0 fully saturated rings. The van der Waals surface area contributed by atoms with Crippen molar-refractivity contribution in [2.24, 2.45) is 0 Å².